The third-order valence-corrected chi connectivity index (χ3v) is 5.34. The molecule has 0 N–H and O–H groups in total. The van der Waals surface area contributed by atoms with Crippen molar-refractivity contribution in [2.75, 3.05) is 0 Å². The highest BCUT2D eigenvalue weighted by Gasteiger charge is 2.66. The third-order valence-electron chi connectivity index (χ3n) is 5.34. The molecule has 2 rings (SSSR count). The molecule has 0 saturated heterocycles. The summed E-state index contributed by atoms with van der Waals surface area (Å²) in [6.07, 6.45) is 3.04. The SMILES string of the molecule is CC(C)C(C)(C)C1(C)CC2CC21. The van der Waals surface area contributed by atoms with E-state index in [0.717, 1.165) is 17.8 Å². The van der Waals surface area contributed by atoms with Gasteiger partial charge in [0.1, 0.15) is 0 Å². The van der Waals surface area contributed by atoms with E-state index in [9.17, 15) is 0 Å². The standard InChI is InChI=1S/C12H22/c1-8(2)11(3,4)12(5)7-9-6-10(9)12/h8-10H,6-7H2,1-5H3. The molecule has 70 valence electrons. The fourth-order valence-corrected chi connectivity index (χ4v) is 3.19. The smallest absolute Gasteiger partial charge is 0.0238 e. The molecule has 0 aromatic heterocycles. The minimum Gasteiger partial charge on any atom is -0.0622 e. The molecular weight excluding hydrogens is 144 g/mol. The van der Waals surface area contributed by atoms with Crippen LogP contribution in [0.4, 0.5) is 0 Å². The molecule has 0 aromatic carbocycles. The van der Waals surface area contributed by atoms with Crippen LogP contribution in [0, 0.1) is 28.6 Å². The summed E-state index contributed by atoms with van der Waals surface area (Å²) in [6.45, 7) is 12.2. The summed E-state index contributed by atoms with van der Waals surface area (Å²) < 4.78 is 0. The molecule has 0 aromatic rings. The summed E-state index contributed by atoms with van der Waals surface area (Å²) in [6, 6.07) is 0. The first-order chi connectivity index (χ1) is 5.39. The minimum atomic E-state index is 0.546. The predicted octanol–water partition coefficient (Wildman–Crippen LogP) is 3.71. The van der Waals surface area contributed by atoms with Crippen LogP contribution in [-0.2, 0) is 0 Å². The van der Waals surface area contributed by atoms with Gasteiger partial charge >= 0.3 is 0 Å². The lowest BCUT2D eigenvalue weighted by molar-refractivity contribution is -0.0440. The maximum absolute atomic E-state index is 2.52. The second-order valence-electron chi connectivity index (χ2n) is 6.10. The maximum Gasteiger partial charge on any atom is -0.0238 e. The van der Waals surface area contributed by atoms with Crippen LogP contribution in [0.15, 0.2) is 0 Å². The van der Waals surface area contributed by atoms with Crippen molar-refractivity contribution in [2.24, 2.45) is 28.6 Å². The van der Waals surface area contributed by atoms with Gasteiger partial charge in [-0.25, -0.2) is 0 Å². The average Bonchev–Trinajstić information content (AvgIpc) is 2.60. The van der Waals surface area contributed by atoms with Crippen LogP contribution in [-0.4, -0.2) is 0 Å². The van der Waals surface area contributed by atoms with Gasteiger partial charge in [-0.15, -0.1) is 0 Å². The zero-order valence-electron chi connectivity index (χ0n) is 9.15. The molecule has 0 heteroatoms. The second-order valence-corrected chi connectivity index (χ2v) is 6.10. The Morgan fingerprint density at radius 3 is 2.17 bits per heavy atom. The van der Waals surface area contributed by atoms with E-state index in [1.807, 2.05) is 0 Å². The second kappa shape index (κ2) is 2.08. The van der Waals surface area contributed by atoms with E-state index >= 15 is 0 Å². The van der Waals surface area contributed by atoms with Crippen molar-refractivity contribution in [3.8, 4) is 0 Å². The number of hydrogen-bond acceptors (Lipinski definition) is 0. The molecule has 2 aliphatic rings. The molecule has 12 heavy (non-hydrogen) atoms. The highest BCUT2D eigenvalue weighted by atomic mass is 14.7. The molecule has 0 nitrogen and oxygen atoms in total. The molecule has 0 bridgehead atoms. The molecule has 0 aliphatic heterocycles. The van der Waals surface area contributed by atoms with Gasteiger partial charge in [-0.05, 0) is 41.4 Å². The lowest BCUT2D eigenvalue weighted by Crippen LogP contribution is -2.46. The van der Waals surface area contributed by atoms with Crippen molar-refractivity contribution in [1.29, 1.82) is 0 Å². The molecule has 0 spiro atoms. The third kappa shape index (κ3) is 0.791. The molecule has 2 aliphatic carbocycles. The summed E-state index contributed by atoms with van der Waals surface area (Å²) in [5.41, 5.74) is 1.22. The molecule has 3 unspecified atom stereocenters. The van der Waals surface area contributed by atoms with Crippen LogP contribution in [0.2, 0.25) is 0 Å². The van der Waals surface area contributed by atoms with Crippen LogP contribution in [0.5, 0.6) is 0 Å². The molecule has 2 saturated carbocycles. The summed E-state index contributed by atoms with van der Waals surface area (Å²) in [4.78, 5) is 0. The average molecular weight is 166 g/mol. The van der Waals surface area contributed by atoms with Gasteiger partial charge in [-0.2, -0.15) is 0 Å². The van der Waals surface area contributed by atoms with Gasteiger partial charge in [0.25, 0.3) is 0 Å². The van der Waals surface area contributed by atoms with Crippen LogP contribution in [0.1, 0.15) is 47.5 Å². The van der Waals surface area contributed by atoms with Crippen LogP contribution in [0.25, 0.3) is 0 Å². The van der Waals surface area contributed by atoms with Gasteiger partial charge in [0.05, 0.1) is 0 Å². The Balaban J connectivity index is 2.17. The Morgan fingerprint density at radius 1 is 1.33 bits per heavy atom. The largest absolute Gasteiger partial charge is 0.0622 e. The molecular formula is C12H22. The van der Waals surface area contributed by atoms with Crippen molar-refractivity contribution in [2.45, 2.75) is 47.5 Å². The van der Waals surface area contributed by atoms with E-state index in [-0.39, 0.29) is 0 Å². The van der Waals surface area contributed by atoms with E-state index in [1.54, 1.807) is 0 Å². The van der Waals surface area contributed by atoms with Gasteiger partial charge in [0.15, 0.2) is 0 Å². The van der Waals surface area contributed by atoms with E-state index in [4.69, 9.17) is 0 Å². The fraction of sp³-hybridized carbons (Fsp3) is 1.00. The lowest BCUT2D eigenvalue weighted by Gasteiger charge is -2.53. The first kappa shape index (κ1) is 8.59. The predicted molar refractivity (Wildman–Crippen MR) is 52.9 cm³/mol. The minimum absolute atomic E-state index is 0.546. The topological polar surface area (TPSA) is 0 Å². The fourth-order valence-electron chi connectivity index (χ4n) is 3.19. The molecule has 2 fully saturated rings. The first-order valence-electron chi connectivity index (χ1n) is 5.39. The van der Waals surface area contributed by atoms with Crippen molar-refractivity contribution in [1.82, 2.24) is 0 Å². The molecule has 3 atom stereocenters. The van der Waals surface area contributed by atoms with E-state index < -0.39 is 0 Å². The van der Waals surface area contributed by atoms with Gasteiger partial charge in [-0.3, -0.25) is 0 Å². The van der Waals surface area contributed by atoms with E-state index in [2.05, 4.69) is 34.6 Å². The molecule has 0 amide bonds. The molecule has 0 heterocycles. The maximum atomic E-state index is 2.52. The van der Waals surface area contributed by atoms with Crippen LogP contribution >= 0.6 is 0 Å². The van der Waals surface area contributed by atoms with Crippen molar-refractivity contribution in [3.63, 3.8) is 0 Å². The summed E-state index contributed by atoms with van der Waals surface area (Å²) in [5.74, 6) is 3.05. The lowest BCUT2D eigenvalue weighted by atomic mass is 9.52. The van der Waals surface area contributed by atoms with Crippen LogP contribution in [0.3, 0.4) is 0 Å². The van der Waals surface area contributed by atoms with E-state index in [1.165, 1.54) is 12.8 Å². The quantitative estimate of drug-likeness (QED) is 0.586. The highest BCUT2D eigenvalue weighted by Crippen LogP contribution is 2.74. The Kier molecular flexibility index (Phi) is 1.49. The van der Waals surface area contributed by atoms with Gasteiger partial charge in [0.2, 0.25) is 0 Å². The normalized spacial score (nSPS) is 45.5. The number of rotatable bonds is 2. The summed E-state index contributed by atoms with van der Waals surface area (Å²) in [7, 11) is 0. The van der Waals surface area contributed by atoms with Crippen LogP contribution < -0.4 is 0 Å². The van der Waals surface area contributed by atoms with E-state index in [0.29, 0.717) is 10.8 Å². The molecule has 0 radical (unpaired) electrons. The van der Waals surface area contributed by atoms with Gasteiger partial charge in [-0.1, -0.05) is 34.6 Å². The Labute approximate surface area is 76.7 Å². The zero-order chi connectivity index (χ0) is 9.15. The highest BCUT2D eigenvalue weighted by molar-refractivity contribution is 5.15. The first-order valence-corrected chi connectivity index (χ1v) is 5.39. The van der Waals surface area contributed by atoms with Gasteiger partial charge < -0.3 is 0 Å². The Bertz CT molecular complexity index is 195. The van der Waals surface area contributed by atoms with Crippen molar-refractivity contribution in [3.05, 3.63) is 0 Å². The van der Waals surface area contributed by atoms with Crippen molar-refractivity contribution >= 4 is 0 Å². The summed E-state index contributed by atoms with van der Waals surface area (Å²) >= 11 is 0. The Morgan fingerprint density at radius 2 is 1.92 bits per heavy atom. The zero-order valence-corrected chi connectivity index (χ0v) is 9.15. The number of hydrogen-bond donors (Lipinski definition) is 0. The Hall–Kier alpha value is 0. The van der Waals surface area contributed by atoms with Gasteiger partial charge in [0, 0.05) is 0 Å². The monoisotopic (exact) mass is 166 g/mol. The number of fused-ring (bicyclic) bond motifs is 1. The van der Waals surface area contributed by atoms with Crippen molar-refractivity contribution < 1.29 is 0 Å². The summed E-state index contributed by atoms with van der Waals surface area (Å²) in [5, 5.41) is 0.